The van der Waals surface area contributed by atoms with Crippen molar-refractivity contribution in [3.8, 4) is 16.9 Å². The number of fused-ring (bicyclic) bond motifs is 1. The van der Waals surface area contributed by atoms with Gasteiger partial charge in [-0.2, -0.15) is 0 Å². The van der Waals surface area contributed by atoms with E-state index in [1.54, 1.807) is 12.1 Å². The SMILES string of the molecule is CC(=O)Oc1ccc2c(Cl)ccccc1-2. The molecule has 0 spiro atoms. The van der Waals surface area contributed by atoms with Crippen molar-refractivity contribution in [2.24, 2.45) is 0 Å². The second-order valence-corrected chi connectivity index (χ2v) is 3.59. The number of halogens is 1. The minimum Gasteiger partial charge on any atom is -0.426 e. The van der Waals surface area contributed by atoms with E-state index < -0.39 is 0 Å². The van der Waals surface area contributed by atoms with Crippen molar-refractivity contribution in [3.05, 3.63) is 41.4 Å². The Morgan fingerprint density at radius 3 is 2.60 bits per heavy atom. The molecular weight excluding hydrogens is 212 g/mol. The van der Waals surface area contributed by atoms with Crippen LogP contribution >= 0.6 is 11.6 Å². The first-order valence-corrected chi connectivity index (χ1v) is 4.92. The third kappa shape index (κ3) is 1.95. The quantitative estimate of drug-likeness (QED) is 0.689. The summed E-state index contributed by atoms with van der Waals surface area (Å²) >= 11 is 6.05. The largest absolute Gasteiger partial charge is 0.426 e. The van der Waals surface area contributed by atoms with Crippen molar-refractivity contribution in [2.75, 3.05) is 0 Å². The van der Waals surface area contributed by atoms with Crippen LogP contribution in [0.2, 0.25) is 5.02 Å². The summed E-state index contributed by atoms with van der Waals surface area (Å²) in [6, 6.07) is 11.0. The Balaban J connectivity index is 2.53. The van der Waals surface area contributed by atoms with E-state index in [1.807, 2.05) is 24.3 Å². The van der Waals surface area contributed by atoms with Crippen molar-refractivity contribution in [1.29, 1.82) is 0 Å². The lowest BCUT2D eigenvalue weighted by atomic mass is 10.2. The minimum atomic E-state index is -0.329. The third-order valence-corrected chi connectivity index (χ3v) is 2.41. The summed E-state index contributed by atoms with van der Waals surface area (Å²) in [5.41, 5.74) is 1.73. The maximum Gasteiger partial charge on any atom is 0.308 e. The minimum absolute atomic E-state index is 0.329. The van der Waals surface area contributed by atoms with Gasteiger partial charge in [-0.1, -0.05) is 29.8 Å². The van der Waals surface area contributed by atoms with E-state index in [1.165, 1.54) is 6.92 Å². The molecule has 2 rings (SSSR count). The molecule has 0 fully saturated rings. The molecule has 2 aliphatic rings. The van der Waals surface area contributed by atoms with Crippen molar-refractivity contribution >= 4 is 17.6 Å². The highest BCUT2D eigenvalue weighted by molar-refractivity contribution is 6.33. The second-order valence-electron chi connectivity index (χ2n) is 3.18. The van der Waals surface area contributed by atoms with Crippen molar-refractivity contribution in [3.63, 3.8) is 0 Å². The molecule has 2 nitrogen and oxygen atoms in total. The van der Waals surface area contributed by atoms with Gasteiger partial charge >= 0.3 is 5.97 Å². The first kappa shape index (κ1) is 9.99. The zero-order chi connectivity index (χ0) is 10.8. The van der Waals surface area contributed by atoms with E-state index in [0.29, 0.717) is 10.8 Å². The van der Waals surface area contributed by atoms with Crippen LogP contribution in [0.1, 0.15) is 6.92 Å². The molecule has 0 amide bonds. The monoisotopic (exact) mass is 220 g/mol. The number of ether oxygens (including phenoxy) is 1. The van der Waals surface area contributed by atoms with Gasteiger partial charge in [-0.25, -0.2) is 0 Å². The fourth-order valence-electron chi connectivity index (χ4n) is 1.48. The van der Waals surface area contributed by atoms with E-state index in [9.17, 15) is 4.79 Å². The summed E-state index contributed by atoms with van der Waals surface area (Å²) in [5, 5.41) is 0.647. The third-order valence-electron chi connectivity index (χ3n) is 2.08. The molecule has 0 aromatic heterocycles. The molecule has 2 aliphatic carbocycles. The van der Waals surface area contributed by atoms with Gasteiger partial charge in [0.05, 0.1) is 0 Å². The predicted molar refractivity (Wildman–Crippen MR) is 59.4 cm³/mol. The maximum absolute atomic E-state index is 10.9. The molecule has 3 heteroatoms. The molecule has 0 aromatic rings. The average molecular weight is 221 g/mol. The Hall–Kier alpha value is -1.54. The molecule has 0 heterocycles. The van der Waals surface area contributed by atoms with Crippen LogP contribution < -0.4 is 4.74 Å². The van der Waals surface area contributed by atoms with Crippen LogP contribution in [0.4, 0.5) is 0 Å². The highest BCUT2D eigenvalue weighted by atomic mass is 35.5. The van der Waals surface area contributed by atoms with E-state index in [4.69, 9.17) is 16.3 Å². The van der Waals surface area contributed by atoms with Gasteiger partial charge < -0.3 is 4.74 Å². The van der Waals surface area contributed by atoms with Crippen LogP contribution in [0.25, 0.3) is 11.1 Å². The maximum atomic E-state index is 10.9. The van der Waals surface area contributed by atoms with Crippen LogP contribution in [-0.4, -0.2) is 5.97 Å². The van der Waals surface area contributed by atoms with Crippen molar-refractivity contribution < 1.29 is 9.53 Å². The van der Waals surface area contributed by atoms with Crippen LogP contribution in [0.15, 0.2) is 36.4 Å². The number of rotatable bonds is 1. The molecule has 0 unspecified atom stereocenters. The topological polar surface area (TPSA) is 26.3 Å². The normalized spacial score (nSPS) is 10.3. The number of hydrogen-bond acceptors (Lipinski definition) is 2. The zero-order valence-electron chi connectivity index (χ0n) is 8.16. The molecule has 0 radical (unpaired) electrons. The number of carbonyl (C=O) groups is 1. The van der Waals surface area contributed by atoms with E-state index in [0.717, 1.165) is 11.1 Å². The van der Waals surface area contributed by atoms with Gasteiger partial charge in [0, 0.05) is 23.1 Å². The molecule has 0 saturated carbocycles. The van der Waals surface area contributed by atoms with Gasteiger partial charge in [-0.15, -0.1) is 0 Å². The number of esters is 1. The summed E-state index contributed by atoms with van der Waals surface area (Å²) in [5.74, 6) is 0.223. The van der Waals surface area contributed by atoms with Crippen molar-refractivity contribution in [2.45, 2.75) is 6.92 Å². The van der Waals surface area contributed by atoms with Gasteiger partial charge in [0.15, 0.2) is 0 Å². The Kier molecular flexibility index (Phi) is 2.60. The number of carbonyl (C=O) groups excluding carboxylic acids is 1. The van der Waals surface area contributed by atoms with E-state index in [2.05, 4.69) is 0 Å². The van der Waals surface area contributed by atoms with Gasteiger partial charge in [-0.3, -0.25) is 4.79 Å². The van der Waals surface area contributed by atoms with Crippen LogP contribution in [-0.2, 0) is 4.79 Å². The Labute approximate surface area is 92.8 Å². The summed E-state index contributed by atoms with van der Waals surface area (Å²) in [6.07, 6.45) is 0. The lowest BCUT2D eigenvalue weighted by Crippen LogP contribution is -2.00. The summed E-state index contributed by atoms with van der Waals surface area (Å²) in [7, 11) is 0. The van der Waals surface area contributed by atoms with Gasteiger partial charge in [0.1, 0.15) is 5.75 Å². The molecule has 15 heavy (non-hydrogen) atoms. The molecule has 0 aliphatic heterocycles. The smallest absolute Gasteiger partial charge is 0.308 e. The average Bonchev–Trinajstić information content (AvgIpc) is 2.45. The summed E-state index contributed by atoms with van der Waals surface area (Å²) < 4.78 is 5.07. The molecule has 0 saturated heterocycles. The fraction of sp³-hybridized carbons (Fsp3) is 0.0833. The van der Waals surface area contributed by atoms with E-state index in [-0.39, 0.29) is 5.97 Å². The Morgan fingerprint density at radius 2 is 1.87 bits per heavy atom. The summed E-state index contributed by atoms with van der Waals surface area (Å²) in [6.45, 7) is 1.38. The van der Waals surface area contributed by atoms with Crippen LogP contribution in [0, 0.1) is 0 Å². The molecule has 0 N–H and O–H groups in total. The predicted octanol–water partition coefficient (Wildman–Crippen LogP) is 3.37. The lowest BCUT2D eigenvalue weighted by Gasteiger charge is -2.01. The first-order valence-electron chi connectivity index (χ1n) is 4.54. The zero-order valence-corrected chi connectivity index (χ0v) is 8.91. The van der Waals surface area contributed by atoms with Gasteiger partial charge in [-0.05, 0) is 18.2 Å². The van der Waals surface area contributed by atoms with Crippen LogP contribution in [0.3, 0.4) is 0 Å². The fourth-order valence-corrected chi connectivity index (χ4v) is 1.71. The highest BCUT2D eigenvalue weighted by Gasteiger charge is 2.13. The van der Waals surface area contributed by atoms with Crippen LogP contribution in [0.5, 0.6) is 5.75 Å². The number of hydrogen-bond donors (Lipinski definition) is 0. The Bertz CT molecular complexity index is 479. The standard InChI is InChI=1S/C12H9ClO2/c1-8(14)15-12-7-6-9-10(12)4-2-3-5-11(9)13/h2-7H,1H3. The molecule has 0 aromatic carbocycles. The molecule has 0 atom stereocenters. The molecular formula is C12H9ClO2. The summed E-state index contributed by atoms with van der Waals surface area (Å²) in [4.78, 5) is 10.9. The molecule has 0 bridgehead atoms. The van der Waals surface area contributed by atoms with Gasteiger partial charge in [0.2, 0.25) is 0 Å². The van der Waals surface area contributed by atoms with E-state index >= 15 is 0 Å². The van der Waals surface area contributed by atoms with Gasteiger partial charge in [0.25, 0.3) is 0 Å². The van der Waals surface area contributed by atoms with Crippen molar-refractivity contribution in [1.82, 2.24) is 0 Å². The molecule has 76 valence electrons. The first-order chi connectivity index (χ1) is 7.18. The Morgan fingerprint density at radius 1 is 1.13 bits per heavy atom. The highest BCUT2D eigenvalue weighted by Crippen LogP contribution is 2.37. The lowest BCUT2D eigenvalue weighted by molar-refractivity contribution is -0.131. The second kappa shape index (κ2) is 3.91.